The van der Waals surface area contributed by atoms with Gasteiger partial charge in [-0.2, -0.15) is 0 Å². The lowest BCUT2D eigenvalue weighted by atomic mass is 9.82. The minimum absolute atomic E-state index is 0.0887. The van der Waals surface area contributed by atoms with Crippen LogP contribution in [0.5, 0.6) is 0 Å². The number of carbonyl (C=O) groups excluding carboxylic acids is 1. The molecule has 0 aromatic heterocycles. The number of rotatable bonds is 3. The van der Waals surface area contributed by atoms with Crippen LogP contribution in [0.2, 0.25) is 0 Å². The molecule has 1 amide bonds. The Kier molecular flexibility index (Phi) is 4.00. The monoisotopic (exact) mass is 181 g/mol. The molecule has 1 rings (SSSR count). The van der Waals surface area contributed by atoms with Crippen LogP contribution in [0.1, 0.15) is 32.6 Å². The lowest BCUT2D eigenvalue weighted by Crippen LogP contribution is -2.29. The summed E-state index contributed by atoms with van der Waals surface area (Å²) in [6.45, 7) is 6.25. The summed E-state index contributed by atoms with van der Waals surface area (Å²) in [5.41, 5.74) is 0. The highest BCUT2D eigenvalue weighted by atomic mass is 16.1. The first-order chi connectivity index (χ1) is 6.22. The Labute approximate surface area is 80.4 Å². The maximum Gasteiger partial charge on any atom is 0.216 e. The van der Waals surface area contributed by atoms with Gasteiger partial charge in [-0.3, -0.25) is 4.79 Å². The zero-order chi connectivity index (χ0) is 9.68. The molecule has 13 heavy (non-hydrogen) atoms. The van der Waals surface area contributed by atoms with Crippen molar-refractivity contribution in [3.8, 4) is 0 Å². The van der Waals surface area contributed by atoms with Crippen LogP contribution in [0.3, 0.4) is 0 Å². The minimum Gasteiger partial charge on any atom is -0.356 e. The largest absolute Gasteiger partial charge is 0.356 e. The Balaban J connectivity index is 2.17. The molecule has 0 radical (unpaired) electrons. The topological polar surface area (TPSA) is 29.1 Å². The van der Waals surface area contributed by atoms with E-state index >= 15 is 0 Å². The van der Waals surface area contributed by atoms with E-state index < -0.39 is 0 Å². The Bertz CT molecular complexity index is 181. The maximum absolute atomic E-state index is 10.7. The summed E-state index contributed by atoms with van der Waals surface area (Å²) in [7, 11) is 0. The van der Waals surface area contributed by atoms with Gasteiger partial charge in [0.25, 0.3) is 0 Å². The quantitative estimate of drug-likeness (QED) is 0.664. The van der Waals surface area contributed by atoms with Crippen LogP contribution in [0.25, 0.3) is 0 Å². The van der Waals surface area contributed by atoms with Gasteiger partial charge in [0.1, 0.15) is 0 Å². The van der Waals surface area contributed by atoms with Gasteiger partial charge >= 0.3 is 0 Å². The van der Waals surface area contributed by atoms with Crippen LogP contribution in [0, 0.1) is 11.8 Å². The van der Waals surface area contributed by atoms with Crippen LogP contribution in [-0.2, 0) is 4.79 Å². The van der Waals surface area contributed by atoms with Crippen LogP contribution in [0.15, 0.2) is 12.7 Å². The lowest BCUT2D eigenvalue weighted by Gasteiger charge is -2.26. The highest BCUT2D eigenvalue weighted by Gasteiger charge is 2.18. The summed E-state index contributed by atoms with van der Waals surface area (Å²) in [6.07, 6.45) is 7.02. The second-order valence-corrected chi connectivity index (χ2v) is 3.95. The van der Waals surface area contributed by atoms with E-state index in [1.165, 1.54) is 25.7 Å². The summed E-state index contributed by atoms with van der Waals surface area (Å²) in [6, 6.07) is 0. The van der Waals surface area contributed by atoms with Crippen molar-refractivity contribution in [2.75, 3.05) is 6.54 Å². The summed E-state index contributed by atoms with van der Waals surface area (Å²) >= 11 is 0. The standard InChI is InChI=1S/C11H19NO/c1-3-10-4-6-11(7-5-10)8-12-9(2)13/h3,10-11H,1,4-8H2,2H3,(H,12,13). The zero-order valence-electron chi connectivity index (χ0n) is 8.38. The number of nitrogens with one attached hydrogen (secondary N) is 1. The Hall–Kier alpha value is -0.790. The average Bonchev–Trinajstić information content (AvgIpc) is 2.15. The van der Waals surface area contributed by atoms with Crippen LogP contribution >= 0.6 is 0 Å². The summed E-state index contributed by atoms with van der Waals surface area (Å²) in [5, 5.41) is 2.88. The number of carbonyl (C=O) groups is 1. The molecule has 0 heterocycles. The molecule has 1 saturated carbocycles. The highest BCUT2D eigenvalue weighted by molar-refractivity contribution is 5.72. The summed E-state index contributed by atoms with van der Waals surface area (Å²) in [4.78, 5) is 10.7. The second kappa shape index (κ2) is 5.05. The molecular weight excluding hydrogens is 162 g/mol. The summed E-state index contributed by atoms with van der Waals surface area (Å²) < 4.78 is 0. The fraction of sp³-hybridized carbons (Fsp3) is 0.727. The van der Waals surface area contributed by atoms with Crippen molar-refractivity contribution in [1.82, 2.24) is 5.32 Å². The van der Waals surface area contributed by atoms with E-state index in [1.807, 2.05) is 0 Å². The van der Waals surface area contributed by atoms with E-state index in [4.69, 9.17) is 0 Å². The van der Waals surface area contributed by atoms with Crippen molar-refractivity contribution in [2.24, 2.45) is 11.8 Å². The van der Waals surface area contributed by atoms with E-state index in [2.05, 4.69) is 18.0 Å². The molecule has 0 unspecified atom stereocenters. The molecule has 0 atom stereocenters. The first-order valence-corrected chi connectivity index (χ1v) is 5.09. The van der Waals surface area contributed by atoms with Gasteiger partial charge in [-0.05, 0) is 37.5 Å². The lowest BCUT2D eigenvalue weighted by molar-refractivity contribution is -0.119. The fourth-order valence-electron chi connectivity index (χ4n) is 1.92. The molecule has 2 nitrogen and oxygen atoms in total. The van der Waals surface area contributed by atoms with E-state index in [1.54, 1.807) is 6.92 Å². The van der Waals surface area contributed by atoms with Crippen molar-refractivity contribution in [2.45, 2.75) is 32.6 Å². The molecule has 1 N–H and O–H groups in total. The van der Waals surface area contributed by atoms with Gasteiger partial charge in [-0.15, -0.1) is 6.58 Å². The Morgan fingerprint density at radius 3 is 2.54 bits per heavy atom. The van der Waals surface area contributed by atoms with Gasteiger partial charge in [0.15, 0.2) is 0 Å². The van der Waals surface area contributed by atoms with Crippen molar-refractivity contribution < 1.29 is 4.79 Å². The predicted octanol–water partition coefficient (Wildman–Crippen LogP) is 2.11. The van der Waals surface area contributed by atoms with Gasteiger partial charge in [-0.1, -0.05) is 6.08 Å². The first-order valence-electron chi connectivity index (χ1n) is 5.09. The molecule has 2 heteroatoms. The van der Waals surface area contributed by atoms with Crippen molar-refractivity contribution in [3.63, 3.8) is 0 Å². The molecule has 1 aliphatic rings. The SMILES string of the molecule is C=CC1CCC(CNC(C)=O)CC1. The third-order valence-corrected chi connectivity index (χ3v) is 2.86. The third kappa shape index (κ3) is 3.62. The molecule has 74 valence electrons. The molecule has 0 saturated heterocycles. The maximum atomic E-state index is 10.7. The minimum atomic E-state index is 0.0887. The Morgan fingerprint density at radius 2 is 2.08 bits per heavy atom. The third-order valence-electron chi connectivity index (χ3n) is 2.86. The first kappa shape index (κ1) is 10.3. The van der Waals surface area contributed by atoms with Gasteiger partial charge in [-0.25, -0.2) is 0 Å². The molecule has 1 fully saturated rings. The van der Waals surface area contributed by atoms with E-state index in [0.29, 0.717) is 11.8 Å². The summed E-state index contributed by atoms with van der Waals surface area (Å²) in [5.74, 6) is 1.50. The van der Waals surface area contributed by atoms with Crippen molar-refractivity contribution in [1.29, 1.82) is 0 Å². The normalized spacial score (nSPS) is 28.1. The number of hydrogen-bond donors (Lipinski definition) is 1. The van der Waals surface area contributed by atoms with Gasteiger partial charge < -0.3 is 5.32 Å². The van der Waals surface area contributed by atoms with Gasteiger partial charge in [0, 0.05) is 13.5 Å². The van der Waals surface area contributed by atoms with Crippen molar-refractivity contribution in [3.05, 3.63) is 12.7 Å². The molecule has 1 aliphatic carbocycles. The molecule has 0 aromatic carbocycles. The number of hydrogen-bond acceptors (Lipinski definition) is 1. The molecular formula is C11H19NO. The van der Waals surface area contributed by atoms with E-state index in [0.717, 1.165) is 6.54 Å². The molecule has 0 aliphatic heterocycles. The number of allylic oxidation sites excluding steroid dienone is 1. The molecule has 0 bridgehead atoms. The number of amides is 1. The smallest absolute Gasteiger partial charge is 0.216 e. The average molecular weight is 181 g/mol. The molecule has 0 spiro atoms. The predicted molar refractivity (Wildman–Crippen MR) is 54.3 cm³/mol. The fourth-order valence-corrected chi connectivity index (χ4v) is 1.92. The van der Waals surface area contributed by atoms with Gasteiger partial charge in [0.2, 0.25) is 5.91 Å². The van der Waals surface area contributed by atoms with Crippen LogP contribution in [-0.4, -0.2) is 12.5 Å². The van der Waals surface area contributed by atoms with Gasteiger partial charge in [0.05, 0.1) is 0 Å². The molecule has 0 aromatic rings. The highest BCUT2D eigenvalue weighted by Crippen LogP contribution is 2.28. The van der Waals surface area contributed by atoms with Crippen LogP contribution in [0.4, 0.5) is 0 Å². The zero-order valence-corrected chi connectivity index (χ0v) is 8.38. The van der Waals surface area contributed by atoms with Crippen LogP contribution < -0.4 is 5.32 Å². The second-order valence-electron chi connectivity index (χ2n) is 3.95. The van der Waals surface area contributed by atoms with E-state index in [-0.39, 0.29) is 5.91 Å². The van der Waals surface area contributed by atoms with E-state index in [9.17, 15) is 4.79 Å². The Morgan fingerprint density at radius 1 is 1.46 bits per heavy atom. The van der Waals surface area contributed by atoms with Crippen molar-refractivity contribution >= 4 is 5.91 Å².